The van der Waals surface area contributed by atoms with Gasteiger partial charge in [-0.05, 0) is 6.42 Å². The molecule has 1 unspecified atom stereocenters. The molecule has 88 valence electrons. The largest absolute Gasteiger partial charge is 0.478 e. The molecule has 0 bridgehead atoms. The van der Waals surface area contributed by atoms with Gasteiger partial charge >= 0.3 is 11.9 Å². The van der Waals surface area contributed by atoms with E-state index in [2.05, 4.69) is 17.9 Å². The van der Waals surface area contributed by atoms with Gasteiger partial charge in [-0.3, -0.25) is 0 Å². The first-order chi connectivity index (χ1) is 7.44. The number of ether oxygens (including phenoxy) is 1. The summed E-state index contributed by atoms with van der Waals surface area (Å²) in [6.45, 7) is 8.25. The number of carbonyl (C=O) groups excluding carboxylic acids is 1. The van der Waals surface area contributed by atoms with E-state index in [0.717, 1.165) is 6.08 Å². The van der Waals surface area contributed by atoms with Crippen molar-refractivity contribution in [3.63, 3.8) is 0 Å². The average molecular weight is 225 g/mol. The second-order valence-electron chi connectivity index (χ2n) is 2.65. The molecule has 0 aromatic heterocycles. The van der Waals surface area contributed by atoms with Crippen LogP contribution in [0.1, 0.15) is 13.3 Å². The summed E-state index contributed by atoms with van der Waals surface area (Å²) in [5.41, 5.74) is 0.234. The lowest BCUT2D eigenvalue weighted by molar-refractivity contribution is -0.136. The molecule has 0 radical (unpaired) electrons. The Bertz CT molecular complexity index is 314. The summed E-state index contributed by atoms with van der Waals surface area (Å²) < 4.78 is 4.41. The van der Waals surface area contributed by atoms with Gasteiger partial charge in [-0.2, -0.15) is 5.26 Å². The van der Waals surface area contributed by atoms with Crippen LogP contribution in [0.2, 0.25) is 0 Å². The SMILES string of the molecule is C=C(C(=O)OC)C(C#N)CC.C=CC(=O)O. The highest BCUT2D eigenvalue weighted by Gasteiger charge is 2.16. The van der Waals surface area contributed by atoms with Crippen molar-refractivity contribution in [2.45, 2.75) is 13.3 Å². The maximum absolute atomic E-state index is 10.8. The topological polar surface area (TPSA) is 87.4 Å². The number of nitriles is 1. The molecule has 0 saturated heterocycles. The van der Waals surface area contributed by atoms with Crippen LogP contribution in [0, 0.1) is 17.2 Å². The number of esters is 1. The minimum Gasteiger partial charge on any atom is -0.478 e. The highest BCUT2D eigenvalue weighted by atomic mass is 16.5. The summed E-state index contributed by atoms with van der Waals surface area (Å²) in [4.78, 5) is 20.0. The van der Waals surface area contributed by atoms with E-state index in [-0.39, 0.29) is 5.57 Å². The van der Waals surface area contributed by atoms with Crippen molar-refractivity contribution in [1.82, 2.24) is 0 Å². The molecule has 0 amide bonds. The van der Waals surface area contributed by atoms with Crippen molar-refractivity contribution in [1.29, 1.82) is 5.26 Å². The first kappa shape index (κ1) is 16.3. The van der Waals surface area contributed by atoms with Gasteiger partial charge < -0.3 is 9.84 Å². The number of carboxylic acids is 1. The molecule has 5 nitrogen and oxygen atoms in total. The third kappa shape index (κ3) is 7.33. The van der Waals surface area contributed by atoms with Crippen molar-refractivity contribution >= 4 is 11.9 Å². The minimum absolute atomic E-state index is 0.234. The number of carbonyl (C=O) groups is 2. The molecular formula is C11H15NO4. The van der Waals surface area contributed by atoms with E-state index < -0.39 is 17.9 Å². The molecular weight excluding hydrogens is 210 g/mol. The number of nitrogens with zero attached hydrogens (tertiary/aromatic N) is 1. The van der Waals surface area contributed by atoms with Gasteiger partial charge in [0.05, 0.1) is 19.1 Å². The summed E-state index contributed by atoms with van der Waals surface area (Å²) in [7, 11) is 1.28. The normalized spacial score (nSPS) is 9.81. The molecule has 0 spiro atoms. The average Bonchev–Trinajstić information content (AvgIpc) is 2.30. The van der Waals surface area contributed by atoms with Crippen molar-refractivity contribution in [2.75, 3.05) is 7.11 Å². The molecule has 0 rings (SSSR count). The Morgan fingerprint density at radius 2 is 2.06 bits per heavy atom. The number of aliphatic carboxylic acids is 1. The highest BCUT2D eigenvalue weighted by molar-refractivity contribution is 5.88. The van der Waals surface area contributed by atoms with Crippen LogP contribution in [0.4, 0.5) is 0 Å². The first-order valence-electron chi connectivity index (χ1n) is 4.46. The molecule has 0 aromatic carbocycles. The zero-order chi connectivity index (χ0) is 13.1. The molecule has 1 atom stereocenters. The first-order valence-corrected chi connectivity index (χ1v) is 4.46. The fourth-order valence-electron chi connectivity index (χ4n) is 0.689. The molecule has 1 N–H and O–H groups in total. The van der Waals surface area contributed by atoms with Crippen molar-refractivity contribution in [3.05, 3.63) is 24.8 Å². The fraction of sp³-hybridized carbons (Fsp3) is 0.364. The Labute approximate surface area is 94.6 Å². The second-order valence-corrected chi connectivity index (χ2v) is 2.65. The van der Waals surface area contributed by atoms with Gasteiger partial charge in [0.15, 0.2) is 0 Å². The van der Waals surface area contributed by atoms with Gasteiger partial charge in [0.25, 0.3) is 0 Å². The smallest absolute Gasteiger partial charge is 0.334 e. The third-order valence-corrected chi connectivity index (χ3v) is 1.61. The molecule has 16 heavy (non-hydrogen) atoms. The summed E-state index contributed by atoms with van der Waals surface area (Å²) in [5.74, 6) is -1.90. The van der Waals surface area contributed by atoms with Crippen LogP contribution in [0.25, 0.3) is 0 Å². The van der Waals surface area contributed by atoms with Crippen LogP contribution in [0.15, 0.2) is 24.8 Å². The summed E-state index contributed by atoms with van der Waals surface area (Å²) in [5, 5.41) is 16.1. The molecule has 0 aliphatic carbocycles. The number of hydrogen-bond acceptors (Lipinski definition) is 4. The Morgan fingerprint density at radius 3 is 2.25 bits per heavy atom. The van der Waals surface area contributed by atoms with Crippen LogP contribution in [0.5, 0.6) is 0 Å². The van der Waals surface area contributed by atoms with Crippen LogP contribution < -0.4 is 0 Å². The minimum atomic E-state index is -0.981. The molecule has 0 aromatic rings. The van der Waals surface area contributed by atoms with Gasteiger partial charge in [0.1, 0.15) is 0 Å². The van der Waals surface area contributed by atoms with Crippen molar-refractivity contribution in [2.24, 2.45) is 5.92 Å². The van der Waals surface area contributed by atoms with Crippen molar-refractivity contribution in [3.8, 4) is 6.07 Å². The standard InChI is InChI=1S/C8H11NO2.C3H4O2/c1-4-7(5-9)6(2)8(10)11-3;1-2-3(4)5/h7H,2,4H2,1,3H3;2H,1H2,(H,4,5). The third-order valence-electron chi connectivity index (χ3n) is 1.61. The van der Waals surface area contributed by atoms with Crippen LogP contribution >= 0.6 is 0 Å². The Morgan fingerprint density at radius 1 is 1.62 bits per heavy atom. The predicted octanol–water partition coefficient (Wildman–Crippen LogP) is 1.52. The lowest BCUT2D eigenvalue weighted by Gasteiger charge is -2.06. The van der Waals surface area contributed by atoms with E-state index in [1.807, 2.05) is 13.0 Å². The zero-order valence-electron chi connectivity index (χ0n) is 9.40. The van der Waals surface area contributed by atoms with Crippen LogP contribution in [0.3, 0.4) is 0 Å². The quantitative estimate of drug-likeness (QED) is 0.579. The lowest BCUT2D eigenvalue weighted by atomic mass is 10.00. The van der Waals surface area contributed by atoms with Gasteiger partial charge in [-0.1, -0.05) is 20.1 Å². The number of hydrogen-bond donors (Lipinski definition) is 1. The van der Waals surface area contributed by atoms with Gasteiger partial charge in [-0.15, -0.1) is 0 Å². The van der Waals surface area contributed by atoms with Crippen LogP contribution in [-0.2, 0) is 14.3 Å². The van der Waals surface area contributed by atoms with E-state index in [9.17, 15) is 9.59 Å². The Hall–Kier alpha value is -2.09. The van der Waals surface area contributed by atoms with E-state index in [1.165, 1.54) is 7.11 Å². The summed E-state index contributed by atoms with van der Waals surface area (Å²) in [6, 6.07) is 1.97. The summed E-state index contributed by atoms with van der Waals surface area (Å²) >= 11 is 0. The number of rotatable bonds is 4. The van der Waals surface area contributed by atoms with E-state index in [1.54, 1.807) is 0 Å². The maximum Gasteiger partial charge on any atom is 0.334 e. The van der Waals surface area contributed by atoms with E-state index >= 15 is 0 Å². The number of carboxylic acid groups (broad SMARTS) is 1. The number of methoxy groups -OCH3 is 1. The Kier molecular flexibility index (Phi) is 9.67. The maximum atomic E-state index is 10.8. The predicted molar refractivity (Wildman–Crippen MR) is 58.4 cm³/mol. The second kappa shape index (κ2) is 9.46. The summed E-state index contributed by atoms with van der Waals surface area (Å²) in [6.07, 6.45) is 1.42. The molecule has 0 saturated carbocycles. The highest BCUT2D eigenvalue weighted by Crippen LogP contribution is 2.12. The van der Waals surface area contributed by atoms with Gasteiger partial charge in [-0.25, -0.2) is 9.59 Å². The van der Waals surface area contributed by atoms with Gasteiger partial charge in [0.2, 0.25) is 0 Å². The molecule has 0 heterocycles. The Balaban J connectivity index is 0. The zero-order valence-corrected chi connectivity index (χ0v) is 9.40. The monoisotopic (exact) mass is 225 g/mol. The lowest BCUT2D eigenvalue weighted by Crippen LogP contribution is -2.11. The van der Waals surface area contributed by atoms with E-state index in [4.69, 9.17) is 10.4 Å². The molecule has 0 aliphatic heterocycles. The fourth-order valence-corrected chi connectivity index (χ4v) is 0.689. The molecule has 0 fully saturated rings. The van der Waals surface area contributed by atoms with Crippen LogP contribution in [-0.4, -0.2) is 24.2 Å². The molecule has 0 aliphatic rings. The van der Waals surface area contributed by atoms with E-state index in [0.29, 0.717) is 6.42 Å². The van der Waals surface area contributed by atoms with Crippen molar-refractivity contribution < 1.29 is 19.4 Å². The molecule has 5 heteroatoms. The van der Waals surface area contributed by atoms with Gasteiger partial charge in [0, 0.05) is 11.6 Å².